The van der Waals surface area contributed by atoms with Gasteiger partial charge >= 0.3 is 0 Å². The van der Waals surface area contributed by atoms with Gasteiger partial charge in [0.2, 0.25) is 0 Å². The van der Waals surface area contributed by atoms with Crippen molar-refractivity contribution in [2.24, 2.45) is 0 Å². The van der Waals surface area contributed by atoms with Gasteiger partial charge in [0.15, 0.2) is 11.5 Å². The van der Waals surface area contributed by atoms with Crippen LogP contribution in [0.1, 0.15) is 48.9 Å². The summed E-state index contributed by atoms with van der Waals surface area (Å²) in [6, 6.07) is 21.3. The Morgan fingerprint density at radius 1 is 1.06 bits per heavy atom. The van der Waals surface area contributed by atoms with Crippen molar-refractivity contribution in [3.63, 3.8) is 0 Å². The molecule has 0 spiro atoms. The van der Waals surface area contributed by atoms with Crippen LogP contribution in [-0.2, 0) is 15.1 Å². The number of halogens is 1. The molecule has 262 valence electrons. The minimum Gasteiger partial charge on any atom is -0.504 e. The highest BCUT2D eigenvalue weighted by Gasteiger charge is 2.30. The molecule has 3 aromatic carbocycles. The molecule has 1 aromatic heterocycles. The number of nitriles is 2. The zero-order valence-electron chi connectivity index (χ0n) is 28.2. The van der Waals surface area contributed by atoms with Gasteiger partial charge in [-0.1, -0.05) is 36.4 Å². The number of methoxy groups -OCH3 is 1. The molecular formula is C38H37FN6O6. The maximum atomic E-state index is 14.9. The van der Waals surface area contributed by atoms with E-state index in [0.717, 1.165) is 24.0 Å². The van der Waals surface area contributed by atoms with Crippen LogP contribution in [0.2, 0.25) is 0 Å². The van der Waals surface area contributed by atoms with Crippen molar-refractivity contribution in [1.29, 1.82) is 10.5 Å². The lowest BCUT2D eigenvalue weighted by Crippen LogP contribution is -2.49. The molecule has 0 aliphatic carbocycles. The number of hydrogen-bond donors (Lipinski definition) is 5. The van der Waals surface area contributed by atoms with Crippen molar-refractivity contribution in [3.05, 3.63) is 101 Å². The van der Waals surface area contributed by atoms with Gasteiger partial charge in [0.05, 0.1) is 12.7 Å². The summed E-state index contributed by atoms with van der Waals surface area (Å²) in [5.74, 6) is -0.622. The molecule has 1 aliphatic heterocycles. The Morgan fingerprint density at radius 3 is 2.29 bits per heavy atom. The van der Waals surface area contributed by atoms with Crippen LogP contribution in [0.15, 0.2) is 72.9 Å². The van der Waals surface area contributed by atoms with E-state index in [4.69, 9.17) is 24.8 Å². The van der Waals surface area contributed by atoms with E-state index in [9.17, 15) is 24.8 Å². The average Bonchev–Trinajstić information content (AvgIpc) is 3.13. The molecule has 0 saturated carbocycles. The van der Waals surface area contributed by atoms with Gasteiger partial charge in [0, 0.05) is 48.1 Å². The summed E-state index contributed by atoms with van der Waals surface area (Å²) in [4.78, 5) is 26.4. The summed E-state index contributed by atoms with van der Waals surface area (Å²) in [5.41, 5.74) is 5.22. The van der Waals surface area contributed by atoms with Crippen LogP contribution in [0.5, 0.6) is 11.5 Å². The van der Waals surface area contributed by atoms with Gasteiger partial charge in [-0.2, -0.15) is 10.5 Å². The number of carboxylic acid groups (broad SMARTS) is 1. The van der Waals surface area contributed by atoms with Gasteiger partial charge < -0.3 is 25.2 Å². The summed E-state index contributed by atoms with van der Waals surface area (Å²) >= 11 is 0. The van der Waals surface area contributed by atoms with Crippen LogP contribution in [-0.4, -0.2) is 59.0 Å². The number of anilines is 1. The first-order chi connectivity index (χ1) is 24.5. The fourth-order valence-electron chi connectivity index (χ4n) is 6.03. The molecule has 12 nitrogen and oxygen atoms in total. The number of rotatable bonds is 9. The number of nitrogens with zero attached hydrogens (tertiary/aromatic N) is 4. The molecule has 2 heterocycles. The molecule has 0 bridgehead atoms. The number of phenolic OH excluding ortho intramolecular Hbond substituents is 1. The third-order valence-corrected chi connectivity index (χ3v) is 8.57. The number of ether oxygens (including phenoxy) is 1. The molecule has 51 heavy (non-hydrogen) atoms. The maximum absolute atomic E-state index is 14.9. The van der Waals surface area contributed by atoms with Gasteiger partial charge in [-0.25, -0.2) is 14.9 Å². The minimum absolute atomic E-state index is 0.0908. The number of piperidine rings is 1. The number of hydroxylamine groups is 1. The average molecular weight is 693 g/mol. The number of aromatic nitrogens is 1. The number of pyridine rings is 1. The number of benzene rings is 3. The Labute approximate surface area is 294 Å². The summed E-state index contributed by atoms with van der Waals surface area (Å²) in [6.07, 6.45) is 6.06. The molecule has 0 atom stereocenters. The Balaban J connectivity index is 0.00000188. The molecule has 0 unspecified atom stereocenters. The zero-order chi connectivity index (χ0) is 37.1. The molecule has 5 N–H and O–H groups in total. The third-order valence-electron chi connectivity index (χ3n) is 8.57. The van der Waals surface area contributed by atoms with E-state index in [1.807, 2.05) is 30.3 Å². The van der Waals surface area contributed by atoms with E-state index in [-0.39, 0.29) is 40.7 Å². The lowest BCUT2D eigenvalue weighted by atomic mass is 9.90. The van der Waals surface area contributed by atoms with E-state index in [0.29, 0.717) is 41.2 Å². The number of nitrogens with one attached hydrogen (secondary N) is 2. The normalized spacial score (nSPS) is 13.0. The highest BCUT2D eigenvalue weighted by molar-refractivity contribution is 5.91. The molecule has 5 rings (SSSR count). The number of hydrogen-bond acceptors (Lipinski definition) is 10. The summed E-state index contributed by atoms with van der Waals surface area (Å²) in [7, 11) is 1.45. The van der Waals surface area contributed by atoms with Crippen molar-refractivity contribution in [2.45, 2.75) is 38.3 Å². The van der Waals surface area contributed by atoms with Crippen LogP contribution in [0.3, 0.4) is 0 Å². The van der Waals surface area contributed by atoms with Crippen molar-refractivity contribution in [1.82, 2.24) is 15.8 Å². The van der Waals surface area contributed by atoms with Crippen LogP contribution in [0, 0.1) is 28.5 Å². The summed E-state index contributed by atoms with van der Waals surface area (Å²) in [5, 5.41) is 49.6. The SMILES string of the molecule is COc1ccc(-c2cnc(N3CCC(NC(C)(C)c4ccc(/C=C/C(=O)NO)cc4)CC3)c(C#N)c2-c2ccc(C#N)c(F)c2)cc1O.O=CO. The van der Waals surface area contributed by atoms with Crippen LogP contribution in [0.4, 0.5) is 10.2 Å². The molecule has 13 heteroatoms. The van der Waals surface area contributed by atoms with Crippen molar-refractivity contribution in [3.8, 4) is 45.9 Å². The van der Waals surface area contributed by atoms with Gasteiger partial charge in [0.25, 0.3) is 12.4 Å². The minimum atomic E-state index is -0.699. The Morgan fingerprint density at radius 2 is 1.73 bits per heavy atom. The van der Waals surface area contributed by atoms with E-state index in [1.54, 1.807) is 36.0 Å². The Hall–Kier alpha value is -6.28. The molecule has 1 aliphatic rings. The van der Waals surface area contributed by atoms with Gasteiger partial charge in [0.1, 0.15) is 29.3 Å². The number of phenols is 1. The van der Waals surface area contributed by atoms with E-state index in [2.05, 4.69) is 30.1 Å². The standard InChI is InChI=1S/C37H35FN6O4.CH2O2/c1-37(2,27-10-4-23(5-11-27)6-13-34(46)43-47)42-28-14-16-44(17-15-28)36-29(21-40)35(25-7-8-26(20-39)31(38)18-25)30(22-41-36)24-9-12-33(48-3)32(45)19-24;2-1-3/h4-13,18-19,22,28,42,45,47H,14-17H2,1-3H3,(H,43,46);1H,(H,2,3)/b13-6+;. The van der Waals surface area contributed by atoms with Crippen LogP contribution in [0.25, 0.3) is 28.3 Å². The first-order valence-corrected chi connectivity index (χ1v) is 15.8. The van der Waals surface area contributed by atoms with Crippen molar-refractivity contribution < 1.29 is 34.1 Å². The first-order valence-electron chi connectivity index (χ1n) is 15.8. The largest absolute Gasteiger partial charge is 0.504 e. The van der Waals surface area contributed by atoms with E-state index < -0.39 is 11.7 Å². The maximum Gasteiger partial charge on any atom is 0.290 e. The highest BCUT2D eigenvalue weighted by atomic mass is 19.1. The molecule has 1 amide bonds. The second kappa shape index (κ2) is 16.9. The van der Waals surface area contributed by atoms with E-state index in [1.165, 1.54) is 31.4 Å². The summed E-state index contributed by atoms with van der Waals surface area (Å²) < 4.78 is 20.1. The van der Waals surface area contributed by atoms with Crippen molar-refractivity contribution in [2.75, 3.05) is 25.1 Å². The second-order valence-electron chi connectivity index (χ2n) is 12.1. The number of amides is 1. The predicted octanol–water partition coefficient (Wildman–Crippen LogP) is 5.73. The first kappa shape index (κ1) is 37.5. The van der Waals surface area contributed by atoms with Crippen LogP contribution >= 0.6 is 0 Å². The number of carbonyl (C=O) groups is 2. The fourth-order valence-corrected chi connectivity index (χ4v) is 6.03. The molecule has 1 saturated heterocycles. The fraction of sp³-hybridized carbons (Fsp3) is 0.237. The topological polar surface area (TPSA) is 192 Å². The van der Waals surface area contributed by atoms with Gasteiger partial charge in [-0.05, 0) is 79.3 Å². The number of carbonyl (C=O) groups excluding carboxylic acids is 1. The lowest BCUT2D eigenvalue weighted by molar-refractivity contribution is -0.124. The second-order valence-corrected chi connectivity index (χ2v) is 12.1. The smallest absolute Gasteiger partial charge is 0.290 e. The predicted molar refractivity (Wildman–Crippen MR) is 188 cm³/mol. The van der Waals surface area contributed by atoms with E-state index >= 15 is 0 Å². The van der Waals surface area contributed by atoms with Gasteiger partial charge in [-0.15, -0.1) is 0 Å². The molecule has 4 aromatic rings. The highest BCUT2D eigenvalue weighted by Crippen LogP contribution is 2.41. The molecule has 1 fully saturated rings. The lowest BCUT2D eigenvalue weighted by Gasteiger charge is -2.38. The third kappa shape index (κ3) is 8.85. The molecular weight excluding hydrogens is 655 g/mol. The quantitative estimate of drug-likeness (QED) is 0.0623. The zero-order valence-corrected chi connectivity index (χ0v) is 28.2. The summed E-state index contributed by atoms with van der Waals surface area (Å²) in [6.45, 7) is 5.21. The van der Waals surface area contributed by atoms with Crippen LogP contribution < -0.4 is 20.4 Å². The Bertz CT molecular complexity index is 1990. The number of aromatic hydroxyl groups is 1. The van der Waals surface area contributed by atoms with Crippen molar-refractivity contribution >= 4 is 24.3 Å². The Kier molecular flexibility index (Phi) is 12.4. The van der Waals surface area contributed by atoms with Gasteiger partial charge in [-0.3, -0.25) is 14.8 Å². The monoisotopic (exact) mass is 692 g/mol. The molecule has 0 radical (unpaired) electrons.